The first-order valence-corrected chi connectivity index (χ1v) is 21.7. The van der Waals surface area contributed by atoms with Gasteiger partial charge >= 0.3 is 23.9 Å². The van der Waals surface area contributed by atoms with Crippen molar-refractivity contribution in [3.63, 3.8) is 0 Å². The van der Waals surface area contributed by atoms with Crippen LogP contribution in [0.4, 0.5) is 0 Å². The van der Waals surface area contributed by atoms with Crippen molar-refractivity contribution in [2.24, 2.45) is 5.92 Å². The number of Topliss-reactive ketones (excluding diaryl/α,β-unsaturated/α-hetero) is 1. The van der Waals surface area contributed by atoms with E-state index in [9.17, 15) is 95.8 Å². The van der Waals surface area contributed by atoms with Crippen LogP contribution in [-0.4, -0.2) is 149 Å². The van der Waals surface area contributed by atoms with Crippen LogP contribution in [0.15, 0.2) is 48.2 Å². The lowest BCUT2D eigenvalue weighted by Crippen LogP contribution is -2.65. The Balaban J connectivity index is 1.17. The summed E-state index contributed by atoms with van der Waals surface area (Å²) in [5.74, 6) is -29.2. The van der Waals surface area contributed by atoms with Gasteiger partial charge in [0.2, 0.25) is 28.6 Å². The lowest BCUT2D eigenvalue weighted by atomic mass is 9.66. The second-order valence-corrected chi connectivity index (χ2v) is 17.9. The molecule has 9 unspecified atom stereocenters. The summed E-state index contributed by atoms with van der Waals surface area (Å²) in [6.07, 6.45) is -13.8. The maximum Gasteiger partial charge on any atom is 0.339 e. The summed E-state index contributed by atoms with van der Waals surface area (Å²) in [4.78, 5) is 73.5. The highest BCUT2D eigenvalue weighted by Gasteiger charge is 2.76. The number of ether oxygens (including phenoxy) is 6. The molecule has 0 radical (unpaired) electrons. The third-order valence-corrected chi connectivity index (χ3v) is 13.9. The summed E-state index contributed by atoms with van der Waals surface area (Å²) in [6, 6.07) is 5.61. The zero-order chi connectivity index (χ0) is 53.0. The number of aliphatic hydroxyl groups is 3. The number of phenols is 12. The van der Waals surface area contributed by atoms with Gasteiger partial charge in [0.25, 0.3) is 0 Å². The van der Waals surface area contributed by atoms with Crippen molar-refractivity contribution < 1.29 is 129 Å². The van der Waals surface area contributed by atoms with Crippen LogP contribution in [0.3, 0.4) is 0 Å². The van der Waals surface area contributed by atoms with Crippen LogP contribution < -0.4 is 9.47 Å². The molecule has 5 aromatic rings. The van der Waals surface area contributed by atoms with Crippen molar-refractivity contribution in [3.05, 3.63) is 87.2 Å². The molecule has 6 heterocycles. The summed E-state index contributed by atoms with van der Waals surface area (Å²) < 4.78 is 35.8. The van der Waals surface area contributed by atoms with E-state index in [2.05, 4.69) is 0 Å². The van der Waals surface area contributed by atoms with Crippen molar-refractivity contribution in [2.75, 3.05) is 6.61 Å². The molecule has 26 nitrogen and oxygen atoms in total. The van der Waals surface area contributed by atoms with Gasteiger partial charge in [0.1, 0.15) is 42.0 Å². The highest BCUT2D eigenvalue weighted by molar-refractivity contribution is 6.21. The van der Waals surface area contributed by atoms with Gasteiger partial charge in [-0.25, -0.2) is 14.4 Å². The molecule has 74 heavy (non-hydrogen) atoms. The fourth-order valence-electron chi connectivity index (χ4n) is 10.7. The molecule has 9 atom stereocenters. The lowest BCUT2D eigenvalue weighted by molar-refractivity contribution is -0.200. The molecule has 1 fully saturated rings. The summed E-state index contributed by atoms with van der Waals surface area (Å²) in [6.45, 7) is -1.37. The van der Waals surface area contributed by atoms with E-state index < -0.39 is 222 Å². The Morgan fingerprint density at radius 3 is 1.66 bits per heavy atom. The van der Waals surface area contributed by atoms with Crippen LogP contribution in [0.5, 0.6) is 80.5 Å². The second-order valence-electron chi connectivity index (χ2n) is 17.9. The number of phenolic OH excluding ortho intramolecular Hbond substituents is 12. The Morgan fingerprint density at radius 2 is 1.07 bits per heavy atom. The number of hydrogen-bond donors (Lipinski definition) is 15. The number of ketones is 1. The van der Waals surface area contributed by atoms with Gasteiger partial charge in [0.15, 0.2) is 70.1 Å². The predicted molar refractivity (Wildman–Crippen MR) is 233 cm³/mol. The Bertz CT molecular complexity index is 3490. The first kappa shape index (κ1) is 46.7. The number of aliphatic hydroxyl groups excluding tert-OH is 3. The topological polar surface area (TPSA) is 444 Å². The van der Waals surface area contributed by atoms with E-state index in [1.165, 1.54) is 6.07 Å². The zero-order valence-electron chi connectivity index (χ0n) is 36.8. The smallest absolute Gasteiger partial charge is 0.339 e. The second kappa shape index (κ2) is 15.7. The molecule has 1 spiro atoms. The molecule has 1 aliphatic carbocycles. The van der Waals surface area contributed by atoms with E-state index in [0.29, 0.717) is 18.2 Å². The Labute approximate surface area is 409 Å². The maximum atomic E-state index is 15.1. The minimum absolute atomic E-state index is 0.0112. The molecule has 0 amide bonds. The highest BCUT2D eigenvalue weighted by atomic mass is 16.6. The van der Waals surface area contributed by atoms with E-state index in [-0.39, 0.29) is 16.7 Å². The summed E-state index contributed by atoms with van der Waals surface area (Å²) in [7, 11) is 0. The van der Waals surface area contributed by atoms with Gasteiger partial charge in [-0.05, 0) is 35.9 Å². The van der Waals surface area contributed by atoms with E-state index in [4.69, 9.17) is 28.4 Å². The Hall–Kier alpha value is -9.69. The van der Waals surface area contributed by atoms with E-state index in [1.807, 2.05) is 0 Å². The molecule has 15 N–H and O–H groups in total. The van der Waals surface area contributed by atoms with E-state index in [0.717, 1.165) is 18.2 Å². The molecule has 1 saturated heterocycles. The molecule has 382 valence electrons. The maximum absolute atomic E-state index is 15.1. The first-order valence-electron chi connectivity index (χ1n) is 21.7. The zero-order valence-corrected chi connectivity index (χ0v) is 36.8. The van der Waals surface area contributed by atoms with Crippen LogP contribution in [0.1, 0.15) is 65.3 Å². The molecular weight excluding hydrogens is 993 g/mol. The van der Waals surface area contributed by atoms with Gasteiger partial charge in [-0.15, -0.1) is 0 Å². The van der Waals surface area contributed by atoms with Crippen LogP contribution in [0, 0.1) is 5.92 Å². The van der Waals surface area contributed by atoms with Gasteiger partial charge in [0.05, 0.1) is 28.7 Å². The van der Waals surface area contributed by atoms with Crippen molar-refractivity contribution in [2.45, 2.75) is 54.6 Å². The number of rotatable bonds is 2. The van der Waals surface area contributed by atoms with Gasteiger partial charge in [-0.2, -0.15) is 0 Å². The summed E-state index contributed by atoms with van der Waals surface area (Å²) >= 11 is 0. The quantitative estimate of drug-likeness (QED) is 0.0676. The monoisotopic (exact) mass is 1030 g/mol. The number of fused-ring (bicyclic) bond motifs is 9. The number of aromatic hydroxyl groups is 12. The summed E-state index contributed by atoms with van der Waals surface area (Å²) in [5, 5.41) is 165. The van der Waals surface area contributed by atoms with Gasteiger partial charge < -0.3 is 105 Å². The minimum Gasteiger partial charge on any atom is -0.507 e. The summed E-state index contributed by atoms with van der Waals surface area (Å²) in [5.41, 5.74) is -10.8. The largest absolute Gasteiger partial charge is 0.507 e. The normalized spacial score (nSPS) is 26.5. The average Bonchev–Trinajstić information content (AvgIpc) is 3.90. The van der Waals surface area contributed by atoms with Crippen LogP contribution >= 0.6 is 0 Å². The van der Waals surface area contributed by atoms with Crippen LogP contribution in [0.25, 0.3) is 16.7 Å². The standard InChI is InChI=1S/C48H34O26/c49-15-2-1-10(3-17(15)51)38-21(55)4-11-16(50)8-23-27(39(11)70-38)29-41-42(73-46(67)14-7-20(54)33(59)36(62)26(14)28-30(47(68)72-41)48(29,74-23)43(64)37(28)63)40-22(56)9-69-44(65)12-5-18(52)31(57)34(60)24(12)25-13(45(66)71-40)6-19(53)32(58)35(25)61/h1-3,5-8,21-22,29-30,38,40-42,49-63H,4,9H2. The van der Waals surface area contributed by atoms with Gasteiger partial charge in [0, 0.05) is 45.9 Å². The number of carbonyl (C=O) groups excluding carboxylic acids is 5. The third-order valence-electron chi connectivity index (χ3n) is 13.9. The molecule has 26 heteroatoms. The third kappa shape index (κ3) is 6.14. The van der Waals surface area contributed by atoms with Gasteiger partial charge in [-0.1, -0.05) is 6.07 Å². The lowest BCUT2D eigenvalue weighted by Gasteiger charge is -2.47. The Morgan fingerprint density at radius 1 is 0.514 bits per heavy atom. The highest BCUT2D eigenvalue weighted by Crippen LogP contribution is 2.67. The minimum atomic E-state index is -2.94. The molecule has 0 aromatic heterocycles. The van der Waals surface area contributed by atoms with Crippen molar-refractivity contribution in [1.29, 1.82) is 0 Å². The number of cyclic esters (lactones) is 2. The average molecular weight is 1030 g/mol. The molecular formula is C48H34O26. The molecule has 6 aliphatic heterocycles. The van der Waals surface area contributed by atoms with Crippen LogP contribution in [-0.2, 0) is 35.0 Å². The van der Waals surface area contributed by atoms with E-state index in [1.54, 1.807) is 0 Å². The van der Waals surface area contributed by atoms with Crippen LogP contribution in [0.2, 0.25) is 0 Å². The molecule has 4 bridgehead atoms. The van der Waals surface area contributed by atoms with Crippen molar-refractivity contribution in [1.82, 2.24) is 0 Å². The Kier molecular flexibility index (Phi) is 9.87. The van der Waals surface area contributed by atoms with E-state index >= 15 is 4.79 Å². The number of hydrogen-bond acceptors (Lipinski definition) is 26. The van der Waals surface area contributed by atoms with Crippen molar-refractivity contribution in [3.8, 4) is 91.6 Å². The molecule has 7 aliphatic rings. The van der Waals surface area contributed by atoms with Crippen molar-refractivity contribution >= 4 is 35.2 Å². The number of carbonyl (C=O) groups is 5. The molecule has 0 saturated carbocycles. The fourth-order valence-corrected chi connectivity index (χ4v) is 10.7. The number of benzene rings is 5. The molecule has 5 aromatic carbocycles. The fraction of sp³-hybridized carbons (Fsp3) is 0.229. The molecule has 12 rings (SSSR count). The SMILES string of the molecule is O=C1OC(C2OC(=O)c3cc(O)c(O)c(O)c3-c3c(cc(O)c(O)c3O)C(=O)OCC2O)C2OC(=O)C3C(=C(O)C(=O)C34Oc3cc(O)c5c(c3C24)OC(c2ccc(O)c(O)c2)C(O)C5)c2c1cc(O)c(O)c2O. The van der Waals surface area contributed by atoms with Gasteiger partial charge in [-0.3, -0.25) is 9.59 Å². The number of esters is 4. The first-order chi connectivity index (χ1) is 35.0. The predicted octanol–water partition coefficient (Wildman–Crippen LogP) is 1.46.